The van der Waals surface area contributed by atoms with E-state index in [0.29, 0.717) is 12.5 Å². The number of fused-ring (bicyclic) bond motifs is 1. The fraction of sp³-hybridized carbons (Fsp3) is 0.280. The van der Waals surface area contributed by atoms with E-state index in [9.17, 15) is 0 Å². The topological polar surface area (TPSA) is 51.5 Å². The van der Waals surface area contributed by atoms with Gasteiger partial charge in [0.15, 0.2) is 5.82 Å². The third-order valence-corrected chi connectivity index (χ3v) is 5.75. The van der Waals surface area contributed by atoms with Gasteiger partial charge < -0.3 is 10.1 Å². The monoisotopic (exact) mass is 398 g/mol. The van der Waals surface area contributed by atoms with Gasteiger partial charge in [-0.1, -0.05) is 48.9 Å². The van der Waals surface area contributed by atoms with Gasteiger partial charge >= 0.3 is 0 Å². The van der Waals surface area contributed by atoms with Crippen LogP contribution in [0.4, 0.5) is 5.82 Å². The second-order valence-electron chi connectivity index (χ2n) is 7.77. The molecule has 1 saturated carbocycles. The minimum Gasteiger partial charge on any atom is -0.489 e. The quantitative estimate of drug-likeness (QED) is 0.435. The second-order valence-corrected chi connectivity index (χ2v) is 7.77. The van der Waals surface area contributed by atoms with Crippen molar-refractivity contribution in [1.29, 1.82) is 0 Å². The lowest BCUT2D eigenvalue weighted by molar-refractivity contribution is 0.306. The van der Waals surface area contributed by atoms with Crippen molar-refractivity contribution in [2.75, 3.05) is 11.9 Å². The van der Waals surface area contributed by atoms with E-state index in [2.05, 4.69) is 45.9 Å². The molecule has 5 nitrogen and oxygen atoms in total. The molecule has 0 saturated heterocycles. The highest BCUT2D eigenvalue weighted by Crippen LogP contribution is 2.40. The molecule has 0 amide bonds. The molecule has 1 N–H and O–H groups in total. The first-order valence-electron chi connectivity index (χ1n) is 10.7. The summed E-state index contributed by atoms with van der Waals surface area (Å²) in [6.45, 7) is 3.45. The molecule has 4 aromatic rings. The summed E-state index contributed by atoms with van der Waals surface area (Å²) in [4.78, 5) is 9.71. The van der Waals surface area contributed by atoms with Crippen LogP contribution in [0.2, 0.25) is 0 Å². The maximum absolute atomic E-state index is 6.06. The zero-order valence-corrected chi connectivity index (χ0v) is 17.2. The number of hydrogen-bond acceptors (Lipinski definition) is 4. The Morgan fingerprint density at radius 3 is 2.73 bits per heavy atom. The van der Waals surface area contributed by atoms with Gasteiger partial charge in [0.2, 0.25) is 0 Å². The molecule has 0 radical (unpaired) electrons. The van der Waals surface area contributed by atoms with Crippen molar-refractivity contribution in [3.63, 3.8) is 0 Å². The summed E-state index contributed by atoms with van der Waals surface area (Å²) < 4.78 is 8.29. The van der Waals surface area contributed by atoms with Gasteiger partial charge in [-0.05, 0) is 37.5 Å². The number of benzene rings is 2. The normalized spacial score (nSPS) is 13.9. The van der Waals surface area contributed by atoms with Crippen LogP contribution in [0, 0.1) is 0 Å². The molecule has 1 aliphatic rings. The summed E-state index contributed by atoms with van der Waals surface area (Å²) in [5.74, 6) is 3.39. The smallest absolute Gasteiger partial charge is 0.152 e. The Morgan fingerprint density at radius 1 is 1.10 bits per heavy atom. The average Bonchev–Trinajstić information content (AvgIpc) is 3.13. The van der Waals surface area contributed by atoms with Gasteiger partial charge in [-0.2, -0.15) is 0 Å². The minimum absolute atomic E-state index is 0.528. The van der Waals surface area contributed by atoms with Crippen molar-refractivity contribution >= 4 is 11.3 Å². The largest absolute Gasteiger partial charge is 0.489 e. The van der Waals surface area contributed by atoms with E-state index in [1.54, 1.807) is 0 Å². The van der Waals surface area contributed by atoms with E-state index in [1.165, 1.54) is 19.3 Å². The van der Waals surface area contributed by atoms with Gasteiger partial charge in [-0.15, -0.1) is 0 Å². The van der Waals surface area contributed by atoms with Crippen LogP contribution < -0.4 is 10.1 Å². The summed E-state index contributed by atoms with van der Waals surface area (Å²) in [6, 6.07) is 18.5. The Hall–Kier alpha value is -3.34. The van der Waals surface area contributed by atoms with Crippen LogP contribution in [0.1, 0.15) is 43.5 Å². The van der Waals surface area contributed by atoms with Gasteiger partial charge in [0, 0.05) is 30.4 Å². The third kappa shape index (κ3) is 3.52. The number of imidazole rings is 1. The van der Waals surface area contributed by atoms with Crippen LogP contribution in [-0.4, -0.2) is 20.9 Å². The van der Waals surface area contributed by atoms with Crippen LogP contribution in [0.3, 0.4) is 0 Å². The molecule has 30 heavy (non-hydrogen) atoms. The summed E-state index contributed by atoms with van der Waals surface area (Å²) in [5.41, 5.74) is 4.21. The number of ether oxygens (including phenoxy) is 1. The maximum Gasteiger partial charge on any atom is 0.152 e. The molecule has 2 aromatic heterocycles. The number of hydrogen-bond donors (Lipinski definition) is 1. The molecule has 0 aliphatic heterocycles. The lowest BCUT2D eigenvalue weighted by Gasteiger charge is -2.24. The molecule has 0 atom stereocenters. The molecule has 2 aromatic carbocycles. The fourth-order valence-electron chi connectivity index (χ4n) is 3.99. The number of aromatic nitrogens is 3. The Kier molecular flexibility index (Phi) is 5.10. The number of rotatable bonds is 7. The lowest BCUT2D eigenvalue weighted by atomic mass is 9.85. The van der Waals surface area contributed by atoms with Gasteiger partial charge in [-0.3, -0.25) is 4.40 Å². The SMILES string of the molecule is CCNc1nccn2c(C3CCC3)nc(-c3cccc(OCc4ccccc4)c3)c12. The summed E-state index contributed by atoms with van der Waals surface area (Å²) >= 11 is 0. The van der Waals surface area contributed by atoms with Crippen molar-refractivity contribution in [3.05, 3.63) is 78.4 Å². The van der Waals surface area contributed by atoms with E-state index in [4.69, 9.17) is 9.72 Å². The van der Waals surface area contributed by atoms with Crippen molar-refractivity contribution in [3.8, 4) is 17.0 Å². The van der Waals surface area contributed by atoms with E-state index >= 15 is 0 Å². The van der Waals surface area contributed by atoms with E-state index in [0.717, 1.165) is 46.3 Å². The Labute approximate surface area is 176 Å². The maximum atomic E-state index is 6.06. The number of nitrogens with zero attached hydrogens (tertiary/aromatic N) is 3. The van der Waals surface area contributed by atoms with Crippen LogP contribution >= 0.6 is 0 Å². The average molecular weight is 399 g/mol. The predicted molar refractivity (Wildman–Crippen MR) is 120 cm³/mol. The van der Waals surface area contributed by atoms with Crippen LogP contribution in [-0.2, 0) is 6.61 Å². The zero-order valence-electron chi connectivity index (χ0n) is 17.2. The van der Waals surface area contributed by atoms with Crippen LogP contribution in [0.5, 0.6) is 5.75 Å². The summed E-state index contributed by atoms with van der Waals surface area (Å²) in [5, 5.41) is 3.41. The summed E-state index contributed by atoms with van der Waals surface area (Å²) in [7, 11) is 0. The van der Waals surface area contributed by atoms with Gasteiger partial charge in [-0.25, -0.2) is 9.97 Å². The van der Waals surface area contributed by atoms with Crippen LogP contribution in [0.15, 0.2) is 67.0 Å². The minimum atomic E-state index is 0.528. The van der Waals surface area contributed by atoms with Crippen molar-refractivity contribution in [2.24, 2.45) is 0 Å². The van der Waals surface area contributed by atoms with E-state index in [-0.39, 0.29) is 0 Å². The predicted octanol–water partition coefficient (Wildman–Crippen LogP) is 5.67. The van der Waals surface area contributed by atoms with Gasteiger partial charge in [0.1, 0.15) is 29.4 Å². The number of nitrogens with one attached hydrogen (secondary N) is 1. The Balaban J connectivity index is 1.54. The third-order valence-electron chi connectivity index (χ3n) is 5.75. The van der Waals surface area contributed by atoms with Crippen molar-refractivity contribution in [2.45, 2.75) is 38.7 Å². The fourth-order valence-corrected chi connectivity index (χ4v) is 3.99. The summed E-state index contributed by atoms with van der Waals surface area (Å²) in [6.07, 6.45) is 7.59. The van der Waals surface area contributed by atoms with E-state index in [1.807, 2.05) is 42.7 Å². The molecule has 1 aliphatic carbocycles. The highest BCUT2D eigenvalue weighted by molar-refractivity contribution is 5.86. The first-order valence-corrected chi connectivity index (χ1v) is 10.7. The van der Waals surface area contributed by atoms with Crippen LogP contribution in [0.25, 0.3) is 16.8 Å². The first kappa shape index (κ1) is 18.7. The molecule has 5 heteroatoms. The molecule has 2 heterocycles. The highest BCUT2D eigenvalue weighted by atomic mass is 16.5. The molecule has 0 unspecified atom stereocenters. The molecular weight excluding hydrogens is 372 g/mol. The lowest BCUT2D eigenvalue weighted by Crippen LogP contribution is -2.12. The second kappa shape index (κ2) is 8.19. The van der Waals surface area contributed by atoms with Crippen molar-refractivity contribution < 1.29 is 4.74 Å². The van der Waals surface area contributed by atoms with Gasteiger partial charge in [0.25, 0.3) is 0 Å². The molecule has 0 bridgehead atoms. The molecule has 1 fully saturated rings. The standard InChI is InChI=1S/C25H26N4O/c1-2-26-24-23-22(28-25(19-10-6-11-19)29(23)15-14-27-24)20-12-7-13-21(16-20)30-17-18-8-4-3-5-9-18/h3-5,7-9,12-16,19H,2,6,10-11,17H2,1H3,(H,26,27). The Morgan fingerprint density at radius 2 is 1.97 bits per heavy atom. The molecular formula is C25H26N4O. The highest BCUT2D eigenvalue weighted by Gasteiger charge is 2.27. The van der Waals surface area contributed by atoms with E-state index < -0.39 is 0 Å². The molecule has 152 valence electrons. The molecule has 5 rings (SSSR count). The Bertz CT molecular complexity index is 1150. The van der Waals surface area contributed by atoms with Gasteiger partial charge in [0.05, 0.1) is 0 Å². The number of anilines is 1. The zero-order chi connectivity index (χ0) is 20.3. The molecule has 0 spiro atoms. The van der Waals surface area contributed by atoms with Crippen molar-refractivity contribution in [1.82, 2.24) is 14.4 Å². The first-order chi connectivity index (χ1) is 14.8.